The molecule has 1 atom stereocenters. The van der Waals surface area contributed by atoms with Crippen molar-refractivity contribution in [1.29, 1.82) is 0 Å². The second-order valence-electron chi connectivity index (χ2n) is 9.65. The zero-order valence-electron chi connectivity index (χ0n) is 21.4. The van der Waals surface area contributed by atoms with Gasteiger partial charge in [-0.2, -0.15) is 0 Å². The number of carbonyl (C=O) groups excluding carboxylic acids is 2. The molecule has 39 heavy (non-hydrogen) atoms. The van der Waals surface area contributed by atoms with Crippen molar-refractivity contribution in [3.8, 4) is 16.9 Å². The second kappa shape index (κ2) is 11.5. The molecule has 4 aromatic rings. The average Bonchev–Trinajstić information content (AvgIpc) is 3.16. The Morgan fingerprint density at radius 3 is 2.69 bits per heavy atom. The number of hydrogen-bond donors (Lipinski definition) is 4. The molecule has 1 aliphatic rings. The molecule has 2 amide bonds. The molecule has 0 unspecified atom stereocenters. The van der Waals surface area contributed by atoms with Crippen LogP contribution in [0.15, 0.2) is 54.7 Å². The number of aromatic amines is 1. The van der Waals surface area contributed by atoms with Crippen LogP contribution in [0.2, 0.25) is 5.02 Å². The lowest BCUT2D eigenvalue weighted by Gasteiger charge is -2.20. The van der Waals surface area contributed by atoms with E-state index < -0.39 is 6.04 Å². The lowest BCUT2D eigenvalue weighted by Crippen LogP contribution is -2.39. The molecule has 7 nitrogen and oxygen atoms in total. The fraction of sp³-hybridized carbons (Fsp3) is 0.267. The van der Waals surface area contributed by atoms with E-state index in [1.807, 2.05) is 6.07 Å². The summed E-state index contributed by atoms with van der Waals surface area (Å²) in [4.78, 5) is 28.8. The number of carbonyl (C=O) groups is 2. The number of ether oxygens (including phenoxy) is 1. The largest absolute Gasteiger partial charge is 0.492 e. The van der Waals surface area contributed by atoms with Gasteiger partial charge in [-0.15, -0.1) is 0 Å². The molecule has 9 heteroatoms. The van der Waals surface area contributed by atoms with E-state index in [9.17, 15) is 19.1 Å². The van der Waals surface area contributed by atoms with E-state index in [1.165, 1.54) is 12.1 Å². The topological polar surface area (TPSA) is 103 Å². The van der Waals surface area contributed by atoms with Gasteiger partial charge in [0.1, 0.15) is 11.6 Å². The summed E-state index contributed by atoms with van der Waals surface area (Å²) in [5, 5.41) is 16.8. The van der Waals surface area contributed by atoms with Crippen LogP contribution in [0.3, 0.4) is 0 Å². The normalized spacial score (nSPS) is 13.7. The number of benzene rings is 3. The summed E-state index contributed by atoms with van der Waals surface area (Å²) in [6.07, 6.45) is 4.67. The fourth-order valence-corrected chi connectivity index (χ4v) is 5.27. The molecule has 0 fully saturated rings. The smallest absolute Gasteiger partial charge is 0.255 e. The molecule has 1 aromatic heterocycles. The molecule has 0 spiro atoms. The van der Waals surface area contributed by atoms with Crippen molar-refractivity contribution in [2.24, 2.45) is 0 Å². The standard InChI is InChI=1S/C30H29ClFN3O4/c1-33-29(37)24-7-5-17(13-26(24)31)19-10-18-4-2-3-9-39-28(18)25(12-19)30(38)35-22(16-36)11-20-15-34-27-14-21(32)6-8-23(20)27/h5-8,10,12-15,22,34,36H,2-4,9,11,16H2,1H3,(H,33,37)(H,35,38)/t22-/m1/s1. The van der Waals surface area contributed by atoms with Gasteiger partial charge in [-0.1, -0.05) is 17.7 Å². The highest BCUT2D eigenvalue weighted by Crippen LogP contribution is 2.35. The van der Waals surface area contributed by atoms with Gasteiger partial charge in [0.2, 0.25) is 0 Å². The molecular formula is C30H29ClFN3O4. The molecule has 4 N–H and O–H groups in total. The Balaban J connectivity index is 1.46. The van der Waals surface area contributed by atoms with Crippen LogP contribution in [0.5, 0.6) is 5.75 Å². The maximum absolute atomic E-state index is 13.6. The number of aryl methyl sites for hydroxylation is 1. The molecule has 0 saturated carbocycles. The van der Waals surface area contributed by atoms with E-state index in [0.717, 1.165) is 46.9 Å². The quantitative estimate of drug-likeness (QED) is 0.259. The first-order valence-corrected chi connectivity index (χ1v) is 13.2. The summed E-state index contributed by atoms with van der Waals surface area (Å²) in [5.74, 6) is -0.445. The number of nitrogens with one attached hydrogen (secondary N) is 3. The van der Waals surface area contributed by atoms with Gasteiger partial charge in [0.25, 0.3) is 11.8 Å². The highest BCUT2D eigenvalue weighted by molar-refractivity contribution is 6.34. The molecule has 202 valence electrons. The van der Waals surface area contributed by atoms with Crippen LogP contribution >= 0.6 is 11.6 Å². The predicted molar refractivity (Wildman–Crippen MR) is 149 cm³/mol. The maximum atomic E-state index is 13.6. The number of aliphatic hydroxyl groups excluding tert-OH is 1. The minimum absolute atomic E-state index is 0.279. The summed E-state index contributed by atoms with van der Waals surface area (Å²) in [5.41, 5.74) is 4.70. The summed E-state index contributed by atoms with van der Waals surface area (Å²) in [7, 11) is 1.54. The highest BCUT2D eigenvalue weighted by Gasteiger charge is 2.24. The summed E-state index contributed by atoms with van der Waals surface area (Å²) < 4.78 is 19.6. The van der Waals surface area contributed by atoms with Gasteiger partial charge in [0.05, 0.1) is 35.4 Å². The van der Waals surface area contributed by atoms with Crippen molar-refractivity contribution in [3.05, 3.63) is 87.8 Å². The first kappa shape index (κ1) is 26.7. The van der Waals surface area contributed by atoms with Crippen LogP contribution < -0.4 is 15.4 Å². The van der Waals surface area contributed by atoms with Gasteiger partial charge in [-0.05, 0) is 90.4 Å². The molecule has 0 aliphatic carbocycles. The third-order valence-corrected chi connectivity index (χ3v) is 7.34. The number of rotatable bonds is 7. The third kappa shape index (κ3) is 5.62. The first-order chi connectivity index (χ1) is 18.9. The van der Waals surface area contributed by atoms with E-state index in [0.29, 0.717) is 40.4 Å². The Kier molecular flexibility index (Phi) is 7.86. The van der Waals surface area contributed by atoms with Crippen molar-refractivity contribution in [2.75, 3.05) is 20.3 Å². The molecule has 3 aromatic carbocycles. The van der Waals surface area contributed by atoms with Crippen LogP contribution in [0, 0.1) is 5.82 Å². The Bertz CT molecular complexity index is 1550. The van der Waals surface area contributed by atoms with Crippen molar-refractivity contribution < 1.29 is 23.8 Å². The van der Waals surface area contributed by atoms with Gasteiger partial charge in [0.15, 0.2) is 0 Å². The lowest BCUT2D eigenvalue weighted by atomic mass is 9.95. The van der Waals surface area contributed by atoms with Gasteiger partial charge >= 0.3 is 0 Å². The molecule has 0 bridgehead atoms. The summed E-state index contributed by atoms with van der Waals surface area (Å²) in [6, 6.07) is 12.8. The molecule has 0 saturated heterocycles. The number of fused-ring (bicyclic) bond motifs is 2. The van der Waals surface area contributed by atoms with Crippen LogP contribution in [0.1, 0.15) is 44.7 Å². The van der Waals surface area contributed by atoms with Crippen LogP contribution in [0.4, 0.5) is 4.39 Å². The number of H-pyrrole nitrogens is 1. The molecule has 1 aliphatic heterocycles. The summed E-state index contributed by atoms with van der Waals surface area (Å²) in [6.45, 7) is 0.230. The number of hydrogen-bond acceptors (Lipinski definition) is 4. The maximum Gasteiger partial charge on any atom is 0.255 e. The van der Waals surface area contributed by atoms with Crippen LogP contribution in [-0.4, -0.2) is 48.2 Å². The Morgan fingerprint density at radius 2 is 1.92 bits per heavy atom. The van der Waals surface area contributed by atoms with Gasteiger partial charge in [0, 0.05) is 24.1 Å². The van der Waals surface area contributed by atoms with E-state index in [-0.39, 0.29) is 24.2 Å². The van der Waals surface area contributed by atoms with Crippen LogP contribution in [-0.2, 0) is 12.8 Å². The first-order valence-electron chi connectivity index (χ1n) is 12.9. The molecule has 2 heterocycles. The van der Waals surface area contributed by atoms with Crippen LogP contribution in [0.25, 0.3) is 22.0 Å². The minimum atomic E-state index is -0.576. The van der Waals surface area contributed by atoms with Gasteiger partial charge in [-0.3, -0.25) is 9.59 Å². The van der Waals surface area contributed by atoms with Crippen molar-refractivity contribution in [2.45, 2.75) is 31.7 Å². The zero-order chi connectivity index (χ0) is 27.5. The minimum Gasteiger partial charge on any atom is -0.492 e. The number of amides is 2. The highest BCUT2D eigenvalue weighted by atomic mass is 35.5. The number of halogens is 2. The Morgan fingerprint density at radius 1 is 1.08 bits per heavy atom. The fourth-order valence-electron chi connectivity index (χ4n) is 5.00. The average molecular weight is 550 g/mol. The van der Waals surface area contributed by atoms with Crippen molar-refractivity contribution >= 4 is 34.3 Å². The second-order valence-corrected chi connectivity index (χ2v) is 10.1. The van der Waals surface area contributed by atoms with E-state index in [4.69, 9.17) is 16.3 Å². The molecular weight excluding hydrogens is 521 g/mol. The van der Waals surface area contributed by atoms with E-state index in [1.54, 1.807) is 43.6 Å². The third-order valence-electron chi connectivity index (χ3n) is 7.02. The Hall–Kier alpha value is -3.88. The predicted octanol–water partition coefficient (Wildman–Crippen LogP) is 5.04. The SMILES string of the molecule is CNC(=O)c1ccc(-c2cc3c(c(C(=O)N[C@@H](CO)Cc4c[nH]c5cc(F)ccc45)c2)OCCCC3)cc1Cl. The monoisotopic (exact) mass is 549 g/mol. The molecule has 0 radical (unpaired) electrons. The number of aliphatic hydroxyl groups is 1. The van der Waals surface area contributed by atoms with Crippen molar-refractivity contribution in [1.82, 2.24) is 15.6 Å². The Labute approximate surface area is 230 Å². The van der Waals surface area contributed by atoms with Crippen molar-refractivity contribution in [3.63, 3.8) is 0 Å². The number of aromatic nitrogens is 1. The van der Waals surface area contributed by atoms with E-state index >= 15 is 0 Å². The lowest BCUT2D eigenvalue weighted by molar-refractivity contribution is 0.0911. The van der Waals surface area contributed by atoms with E-state index in [2.05, 4.69) is 15.6 Å². The van der Waals surface area contributed by atoms with Gasteiger partial charge in [-0.25, -0.2) is 4.39 Å². The molecule has 5 rings (SSSR count). The van der Waals surface area contributed by atoms with Gasteiger partial charge < -0.3 is 25.5 Å². The zero-order valence-corrected chi connectivity index (χ0v) is 22.2. The summed E-state index contributed by atoms with van der Waals surface area (Å²) >= 11 is 6.41.